The van der Waals surface area contributed by atoms with Gasteiger partial charge in [0.05, 0.1) is 0 Å². The van der Waals surface area contributed by atoms with Gasteiger partial charge in [0.1, 0.15) is 0 Å². The van der Waals surface area contributed by atoms with E-state index in [0.29, 0.717) is 0 Å². The Kier molecular flexibility index (Phi) is 6.86. The number of halogens is 1. The van der Waals surface area contributed by atoms with Crippen molar-refractivity contribution in [2.24, 2.45) is 0 Å². The van der Waals surface area contributed by atoms with Gasteiger partial charge >= 0.3 is 0 Å². The Morgan fingerprint density at radius 3 is 2.62 bits per heavy atom. The lowest BCUT2D eigenvalue weighted by molar-refractivity contribution is 0.0760. The van der Waals surface area contributed by atoms with Gasteiger partial charge in [-0.2, -0.15) is 0 Å². The van der Waals surface area contributed by atoms with Crippen LogP contribution in [0.3, 0.4) is 0 Å². The molecule has 1 aliphatic heterocycles. The molecule has 0 aliphatic carbocycles. The Morgan fingerprint density at radius 1 is 1.04 bits per heavy atom. The first-order valence-corrected chi connectivity index (χ1v) is 10.2. The fourth-order valence-electron chi connectivity index (χ4n) is 3.59. The van der Waals surface area contributed by atoms with Gasteiger partial charge in [0.15, 0.2) is 0 Å². The van der Waals surface area contributed by atoms with E-state index in [0.717, 1.165) is 61.2 Å². The Morgan fingerprint density at radius 2 is 1.85 bits per heavy atom. The molecule has 2 aromatic carbocycles. The minimum Gasteiger partial charge on any atom is -0.337 e. The average molecular weight is 415 g/mol. The van der Waals surface area contributed by atoms with E-state index in [1.165, 1.54) is 12.0 Å². The van der Waals surface area contributed by atoms with Gasteiger partial charge in [0.2, 0.25) is 0 Å². The van der Waals surface area contributed by atoms with Crippen LogP contribution in [0.4, 0.5) is 0 Å². The monoisotopic (exact) mass is 414 g/mol. The fraction of sp³-hybridized carbons (Fsp3) is 0.409. The summed E-state index contributed by atoms with van der Waals surface area (Å²) in [5.41, 5.74) is 3.27. The summed E-state index contributed by atoms with van der Waals surface area (Å²) in [5, 5.41) is 0. The van der Waals surface area contributed by atoms with Gasteiger partial charge in [0, 0.05) is 29.7 Å². The van der Waals surface area contributed by atoms with Crippen LogP contribution < -0.4 is 0 Å². The van der Waals surface area contributed by atoms with Crippen LogP contribution in [0, 0.1) is 6.92 Å². The van der Waals surface area contributed by atoms with Crippen LogP contribution in [0.25, 0.3) is 0 Å². The SMILES string of the molecule is Cc1cc(Br)ccc1C(=O)N1CCCN(CCCc2ccccc2)CC1. The maximum atomic E-state index is 12.9. The number of hydrogen-bond donors (Lipinski definition) is 0. The van der Waals surface area contributed by atoms with Gasteiger partial charge in [-0.05, 0) is 68.6 Å². The van der Waals surface area contributed by atoms with Crippen molar-refractivity contribution < 1.29 is 4.79 Å². The number of benzene rings is 2. The standard InChI is InChI=1S/C22H27BrN2O/c1-18-17-20(23)10-11-21(18)22(26)25-14-6-13-24(15-16-25)12-5-9-19-7-3-2-4-8-19/h2-4,7-8,10-11,17H,5-6,9,12-16H2,1H3. The summed E-state index contributed by atoms with van der Waals surface area (Å²) in [5.74, 6) is 0.168. The van der Waals surface area contributed by atoms with Crippen LogP contribution in [-0.2, 0) is 6.42 Å². The fourth-order valence-corrected chi connectivity index (χ4v) is 4.06. The van der Waals surface area contributed by atoms with E-state index in [-0.39, 0.29) is 5.91 Å². The zero-order valence-electron chi connectivity index (χ0n) is 15.5. The predicted molar refractivity (Wildman–Crippen MR) is 111 cm³/mol. The zero-order valence-corrected chi connectivity index (χ0v) is 17.0. The highest BCUT2D eigenvalue weighted by molar-refractivity contribution is 9.10. The lowest BCUT2D eigenvalue weighted by Crippen LogP contribution is -2.35. The second-order valence-corrected chi connectivity index (χ2v) is 7.95. The molecule has 1 amide bonds. The van der Waals surface area contributed by atoms with Crippen molar-refractivity contribution in [1.29, 1.82) is 0 Å². The number of carbonyl (C=O) groups excluding carboxylic acids is 1. The molecule has 0 aromatic heterocycles. The average Bonchev–Trinajstić information content (AvgIpc) is 2.88. The second kappa shape index (κ2) is 9.33. The van der Waals surface area contributed by atoms with Crippen LogP contribution in [0.1, 0.15) is 34.3 Å². The normalized spacial score (nSPS) is 15.7. The zero-order chi connectivity index (χ0) is 18.4. The van der Waals surface area contributed by atoms with Crippen molar-refractivity contribution in [3.05, 3.63) is 69.7 Å². The maximum Gasteiger partial charge on any atom is 0.254 e. The van der Waals surface area contributed by atoms with Gasteiger partial charge in [-0.1, -0.05) is 46.3 Å². The lowest BCUT2D eigenvalue weighted by Gasteiger charge is -2.22. The molecule has 3 nitrogen and oxygen atoms in total. The van der Waals surface area contributed by atoms with Crippen LogP contribution >= 0.6 is 15.9 Å². The van der Waals surface area contributed by atoms with E-state index in [1.54, 1.807) is 0 Å². The molecule has 0 saturated carbocycles. The molecule has 26 heavy (non-hydrogen) atoms. The predicted octanol–water partition coefficient (Wildman–Crippen LogP) is 4.54. The largest absolute Gasteiger partial charge is 0.337 e. The van der Waals surface area contributed by atoms with Gasteiger partial charge in [-0.3, -0.25) is 4.79 Å². The molecule has 4 heteroatoms. The van der Waals surface area contributed by atoms with Gasteiger partial charge in [-0.25, -0.2) is 0 Å². The second-order valence-electron chi connectivity index (χ2n) is 7.04. The van der Waals surface area contributed by atoms with E-state index in [1.807, 2.05) is 30.0 Å². The van der Waals surface area contributed by atoms with Crippen LogP contribution in [0.2, 0.25) is 0 Å². The highest BCUT2D eigenvalue weighted by Crippen LogP contribution is 2.18. The van der Waals surface area contributed by atoms with Crippen molar-refractivity contribution >= 4 is 21.8 Å². The minimum absolute atomic E-state index is 0.168. The van der Waals surface area contributed by atoms with Crippen molar-refractivity contribution in [3.8, 4) is 0 Å². The van der Waals surface area contributed by atoms with Gasteiger partial charge in [0.25, 0.3) is 5.91 Å². The van der Waals surface area contributed by atoms with Gasteiger partial charge in [-0.15, -0.1) is 0 Å². The van der Waals surface area contributed by atoms with Crippen LogP contribution in [0.15, 0.2) is 53.0 Å². The van der Waals surface area contributed by atoms with Crippen LogP contribution in [0.5, 0.6) is 0 Å². The molecule has 1 saturated heterocycles. The Labute approximate surface area is 165 Å². The first-order chi connectivity index (χ1) is 12.6. The van der Waals surface area contributed by atoms with Gasteiger partial charge < -0.3 is 9.80 Å². The first-order valence-electron chi connectivity index (χ1n) is 9.45. The van der Waals surface area contributed by atoms with Crippen molar-refractivity contribution in [3.63, 3.8) is 0 Å². The van der Waals surface area contributed by atoms with E-state index in [9.17, 15) is 4.79 Å². The Balaban J connectivity index is 1.50. The number of nitrogens with zero attached hydrogens (tertiary/aromatic N) is 2. The maximum absolute atomic E-state index is 12.9. The molecule has 1 heterocycles. The summed E-state index contributed by atoms with van der Waals surface area (Å²) < 4.78 is 1.02. The summed E-state index contributed by atoms with van der Waals surface area (Å²) in [6.45, 7) is 6.83. The molecule has 1 aliphatic rings. The molecule has 0 unspecified atom stereocenters. The third kappa shape index (κ3) is 5.18. The topological polar surface area (TPSA) is 23.6 Å². The minimum atomic E-state index is 0.168. The third-order valence-electron chi connectivity index (χ3n) is 5.08. The number of rotatable bonds is 5. The number of carbonyl (C=O) groups is 1. The van der Waals surface area contributed by atoms with Crippen molar-refractivity contribution in [1.82, 2.24) is 9.80 Å². The molecule has 138 valence electrons. The summed E-state index contributed by atoms with van der Waals surface area (Å²) in [6, 6.07) is 16.6. The van der Waals surface area contributed by atoms with Crippen LogP contribution in [-0.4, -0.2) is 48.4 Å². The molecule has 0 bridgehead atoms. The smallest absolute Gasteiger partial charge is 0.254 e. The number of aryl methyl sites for hydroxylation is 2. The molecule has 0 N–H and O–H groups in total. The summed E-state index contributed by atoms with van der Waals surface area (Å²) in [7, 11) is 0. The Bertz CT molecular complexity index is 732. The third-order valence-corrected chi connectivity index (χ3v) is 5.57. The van der Waals surface area contributed by atoms with Crippen molar-refractivity contribution in [2.75, 3.05) is 32.7 Å². The lowest BCUT2D eigenvalue weighted by atomic mass is 10.1. The van der Waals surface area contributed by atoms with E-state index < -0.39 is 0 Å². The summed E-state index contributed by atoms with van der Waals surface area (Å²) >= 11 is 3.47. The van der Waals surface area contributed by atoms with E-state index >= 15 is 0 Å². The molecule has 3 rings (SSSR count). The van der Waals surface area contributed by atoms with E-state index in [2.05, 4.69) is 51.2 Å². The molecular weight excluding hydrogens is 388 g/mol. The number of amides is 1. The van der Waals surface area contributed by atoms with Crippen molar-refractivity contribution in [2.45, 2.75) is 26.2 Å². The molecule has 0 radical (unpaired) electrons. The highest BCUT2D eigenvalue weighted by atomic mass is 79.9. The molecular formula is C22H27BrN2O. The molecule has 0 atom stereocenters. The molecule has 0 spiro atoms. The first kappa shape index (κ1) is 19.1. The highest BCUT2D eigenvalue weighted by Gasteiger charge is 2.21. The quantitative estimate of drug-likeness (QED) is 0.716. The molecule has 1 fully saturated rings. The molecule has 2 aromatic rings. The van der Waals surface area contributed by atoms with E-state index in [4.69, 9.17) is 0 Å². The number of hydrogen-bond acceptors (Lipinski definition) is 2. The summed E-state index contributed by atoms with van der Waals surface area (Å²) in [4.78, 5) is 17.4. The summed E-state index contributed by atoms with van der Waals surface area (Å²) in [6.07, 6.45) is 3.34. The Hall–Kier alpha value is -1.65.